The normalized spacial score (nSPS) is 12.1. The molecule has 0 saturated heterocycles. The lowest BCUT2D eigenvalue weighted by molar-refractivity contribution is -0.138. The molecule has 1 N–H and O–H groups in total. The van der Waals surface area contributed by atoms with Crippen LogP contribution in [-0.2, 0) is 6.18 Å². The van der Waals surface area contributed by atoms with Crippen LogP contribution in [0.25, 0.3) is 10.9 Å². The predicted octanol–water partition coefficient (Wildman–Crippen LogP) is 4.15. The minimum atomic E-state index is -4.51. The Morgan fingerprint density at radius 1 is 1.32 bits per heavy atom. The second-order valence-corrected chi connectivity index (χ2v) is 5.36. The number of halogens is 4. The Labute approximate surface area is 119 Å². The van der Waals surface area contributed by atoms with Gasteiger partial charge in [-0.3, -0.25) is 0 Å². The fourth-order valence-corrected chi connectivity index (χ4v) is 2.55. The van der Waals surface area contributed by atoms with Gasteiger partial charge < -0.3 is 5.11 Å². The maximum Gasteiger partial charge on any atom is 0.417 e. The number of rotatable bonds is 1. The molecule has 0 saturated carbocycles. The van der Waals surface area contributed by atoms with Crippen LogP contribution in [0.4, 0.5) is 13.2 Å². The van der Waals surface area contributed by atoms with E-state index in [1.54, 1.807) is 6.26 Å². The van der Waals surface area contributed by atoms with Crippen LogP contribution in [0, 0.1) is 6.92 Å². The quantitative estimate of drug-likeness (QED) is 0.618. The van der Waals surface area contributed by atoms with Gasteiger partial charge in [0.2, 0.25) is 5.88 Å². The molecule has 0 amide bonds. The van der Waals surface area contributed by atoms with Crippen molar-refractivity contribution in [3.05, 3.63) is 21.7 Å². The van der Waals surface area contributed by atoms with Gasteiger partial charge in [0.25, 0.3) is 0 Å². The van der Waals surface area contributed by atoms with Crippen LogP contribution >= 0.6 is 27.7 Å². The lowest BCUT2D eigenvalue weighted by Gasteiger charge is -2.14. The van der Waals surface area contributed by atoms with Crippen LogP contribution < -0.4 is 0 Å². The molecule has 3 nitrogen and oxygen atoms in total. The number of alkyl halides is 3. The van der Waals surface area contributed by atoms with Crippen molar-refractivity contribution in [2.75, 3.05) is 6.26 Å². The molecule has 1 heterocycles. The Morgan fingerprint density at radius 3 is 2.47 bits per heavy atom. The molecular formula is C11H8BrF3N2OS. The first-order valence-electron chi connectivity index (χ1n) is 5.06. The van der Waals surface area contributed by atoms with E-state index < -0.39 is 17.6 Å². The summed E-state index contributed by atoms with van der Waals surface area (Å²) in [5.74, 6) is -0.449. The van der Waals surface area contributed by atoms with E-state index >= 15 is 0 Å². The molecule has 1 aromatic heterocycles. The molecule has 2 aromatic rings. The first-order chi connectivity index (χ1) is 8.75. The van der Waals surface area contributed by atoms with Crippen LogP contribution in [0.5, 0.6) is 5.88 Å². The van der Waals surface area contributed by atoms with Gasteiger partial charge in [-0.2, -0.15) is 18.2 Å². The van der Waals surface area contributed by atoms with E-state index in [2.05, 4.69) is 25.9 Å². The summed E-state index contributed by atoms with van der Waals surface area (Å²) >= 11 is 4.14. The third kappa shape index (κ3) is 2.51. The van der Waals surface area contributed by atoms with Gasteiger partial charge in [-0.25, -0.2) is 4.98 Å². The van der Waals surface area contributed by atoms with E-state index in [4.69, 9.17) is 0 Å². The molecule has 0 radical (unpaired) electrons. The Bertz CT molecular complexity index is 661. The summed E-state index contributed by atoms with van der Waals surface area (Å²) in [7, 11) is 0. The van der Waals surface area contributed by atoms with E-state index in [1.807, 2.05) is 0 Å². The van der Waals surface area contributed by atoms with Crippen LogP contribution in [0.2, 0.25) is 0 Å². The number of aromatic nitrogens is 2. The standard InChI is InChI=1S/C11H8BrF3N2OS/c1-4-7(12)6(11(13,14)15)3-5-8(4)16-10(19-2)17-9(5)18/h3H,1-2H3,(H,16,17,18). The van der Waals surface area contributed by atoms with E-state index in [1.165, 1.54) is 18.7 Å². The SMILES string of the molecule is CSc1nc(O)c2cc(C(F)(F)F)c(Br)c(C)c2n1. The Morgan fingerprint density at radius 2 is 1.95 bits per heavy atom. The summed E-state index contributed by atoms with van der Waals surface area (Å²) in [5, 5.41) is 10.0. The number of aryl methyl sites for hydroxylation is 1. The number of thioether (sulfide) groups is 1. The van der Waals surface area contributed by atoms with Gasteiger partial charge in [0.15, 0.2) is 5.16 Å². The second kappa shape index (κ2) is 4.82. The highest BCUT2D eigenvalue weighted by Gasteiger charge is 2.34. The van der Waals surface area contributed by atoms with Gasteiger partial charge in [0, 0.05) is 4.47 Å². The number of hydrogen-bond acceptors (Lipinski definition) is 4. The van der Waals surface area contributed by atoms with Crippen molar-refractivity contribution in [3.63, 3.8) is 0 Å². The third-order valence-electron chi connectivity index (χ3n) is 2.60. The highest BCUT2D eigenvalue weighted by molar-refractivity contribution is 9.10. The molecule has 0 aliphatic rings. The van der Waals surface area contributed by atoms with Gasteiger partial charge in [-0.15, -0.1) is 0 Å². The van der Waals surface area contributed by atoms with Crippen LogP contribution in [-0.4, -0.2) is 21.3 Å². The Kier molecular flexibility index (Phi) is 3.65. The van der Waals surface area contributed by atoms with Crippen molar-refractivity contribution in [1.82, 2.24) is 9.97 Å². The highest BCUT2D eigenvalue weighted by Crippen LogP contribution is 2.41. The van der Waals surface area contributed by atoms with Gasteiger partial charge in [-0.05, 0) is 40.7 Å². The lowest BCUT2D eigenvalue weighted by Crippen LogP contribution is -2.08. The van der Waals surface area contributed by atoms with Gasteiger partial charge in [0.1, 0.15) is 0 Å². The van der Waals surface area contributed by atoms with Crippen molar-refractivity contribution in [2.24, 2.45) is 0 Å². The minimum Gasteiger partial charge on any atom is -0.493 e. The zero-order valence-electron chi connectivity index (χ0n) is 9.84. The number of hydrogen-bond donors (Lipinski definition) is 1. The molecule has 19 heavy (non-hydrogen) atoms. The summed E-state index contributed by atoms with van der Waals surface area (Å²) in [6.45, 7) is 1.51. The van der Waals surface area contributed by atoms with E-state index in [9.17, 15) is 18.3 Å². The van der Waals surface area contributed by atoms with Gasteiger partial charge >= 0.3 is 6.18 Å². The molecule has 0 unspecified atom stereocenters. The first kappa shape index (κ1) is 14.4. The molecule has 0 aliphatic heterocycles. The summed E-state index contributed by atoms with van der Waals surface area (Å²) in [6.07, 6.45) is -2.79. The maximum atomic E-state index is 12.9. The summed E-state index contributed by atoms with van der Waals surface area (Å²) in [4.78, 5) is 7.87. The zero-order valence-corrected chi connectivity index (χ0v) is 12.2. The predicted molar refractivity (Wildman–Crippen MR) is 70.4 cm³/mol. The molecule has 0 fully saturated rings. The van der Waals surface area contributed by atoms with Crippen LogP contribution in [0.15, 0.2) is 15.7 Å². The molecule has 0 spiro atoms. The minimum absolute atomic E-state index is 0.00850. The molecule has 102 valence electrons. The second-order valence-electron chi connectivity index (χ2n) is 3.79. The summed E-state index contributed by atoms with van der Waals surface area (Å²) < 4.78 is 38.6. The van der Waals surface area contributed by atoms with Crippen LogP contribution in [0.1, 0.15) is 11.1 Å². The van der Waals surface area contributed by atoms with E-state index in [0.29, 0.717) is 16.2 Å². The van der Waals surface area contributed by atoms with Crippen LogP contribution in [0.3, 0.4) is 0 Å². The fourth-order valence-electron chi connectivity index (χ4n) is 1.67. The number of nitrogens with zero attached hydrogens (tertiary/aromatic N) is 2. The van der Waals surface area contributed by atoms with Crippen molar-refractivity contribution in [1.29, 1.82) is 0 Å². The Balaban J connectivity index is 2.88. The summed E-state index contributed by atoms with van der Waals surface area (Å²) in [5.41, 5.74) is -0.233. The van der Waals surface area contributed by atoms with Gasteiger partial charge in [-0.1, -0.05) is 11.8 Å². The molecule has 0 aliphatic carbocycles. The molecule has 2 rings (SSSR count). The number of benzene rings is 1. The average molecular weight is 353 g/mol. The smallest absolute Gasteiger partial charge is 0.417 e. The third-order valence-corrected chi connectivity index (χ3v) is 4.17. The highest BCUT2D eigenvalue weighted by atomic mass is 79.9. The van der Waals surface area contributed by atoms with Crippen molar-refractivity contribution < 1.29 is 18.3 Å². The number of aromatic hydroxyl groups is 1. The molecular weight excluding hydrogens is 345 g/mol. The average Bonchev–Trinajstić information content (AvgIpc) is 2.32. The molecule has 0 atom stereocenters. The number of fused-ring (bicyclic) bond motifs is 1. The van der Waals surface area contributed by atoms with E-state index in [-0.39, 0.29) is 9.86 Å². The first-order valence-corrected chi connectivity index (χ1v) is 7.08. The van der Waals surface area contributed by atoms with Gasteiger partial charge in [0.05, 0.1) is 16.5 Å². The fraction of sp³-hybridized carbons (Fsp3) is 0.273. The maximum absolute atomic E-state index is 12.9. The van der Waals surface area contributed by atoms with Crippen molar-refractivity contribution in [2.45, 2.75) is 18.3 Å². The van der Waals surface area contributed by atoms with Crippen molar-refractivity contribution in [3.8, 4) is 5.88 Å². The van der Waals surface area contributed by atoms with E-state index in [0.717, 1.165) is 6.07 Å². The molecule has 1 aromatic carbocycles. The van der Waals surface area contributed by atoms with Crippen molar-refractivity contribution >= 4 is 38.6 Å². The summed E-state index contributed by atoms with van der Waals surface area (Å²) in [6, 6.07) is 0.853. The Hall–Kier alpha value is -1.02. The molecule has 8 heteroatoms. The lowest BCUT2D eigenvalue weighted by atomic mass is 10.1. The monoisotopic (exact) mass is 352 g/mol. The zero-order chi connectivity index (χ0) is 14.4. The molecule has 0 bridgehead atoms. The largest absolute Gasteiger partial charge is 0.493 e. The topological polar surface area (TPSA) is 46.0 Å².